The molecule has 3 rings (SSSR count). The molecule has 2 aromatic rings. The van der Waals surface area contributed by atoms with Gasteiger partial charge in [0.05, 0.1) is 5.69 Å². The molecule has 18 heavy (non-hydrogen) atoms. The molecule has 1 N–H and O–H groups in total. The van der Waals surface area contributed by atoms with Crippen LogP contribution in [-0.2, 0) is 11.2 Å². The van der Waals surface area contributed by atoms with Crippen LogP contribution >= 0.6 is 0 Å². The summed E-state index contributed by atoms with van der Waals surface area (Å²) < 4.78 is 0. The number of carbonyl (C=O) groups excluding carboxylic acids is 1. The van der Waals surface area contributed by atoms with E-state index in [0.717, 1.165) is 36.3 Å². The van der Waals surface area contributed by atoms with Crippen molar-refractivity contribution in [1.82, 2.24) is 10.2 Å². The van der Waals surface area contributed by atoms with Crippen LogP contribution in [0.25, 0.3) is 11.3 Å². The Balaban J connectivity index is 2.03. The van der Waals surface area contributed by atoms with Crippen LogP contribution < -0.4 is 4.90 Å². The first kappa shape index (κ1) is 11.0. The van der Waals surface area contributed by atoms with Gasteiger partial charge in [0.15, 0.2) is 0 Å². The smallest absolute Gasteiger partial charge is 0.223 e. The third kappa shape index (κ3) is 1.79. The van der Waals surface area contributed by atoms with Gasteiger partial charge in [-0.15, -0.1) is 0 Å². The average Bonchev–Trinajstić information content (AvgIpc) is 2.91. The second kappa shape index (κ2) is 4.29. The maximum absolute atomic E-state index is 11.6. The molecule has 2 heterocycles. The molecule has 0 saturated carbocycles. The number of aromatic nitrogens is 2. The van der Waals surface area contributed by atoms with Crippen molar-refractivity contribution in [1.29, 1.82) is 0 Å². The second-order valence-electron chi connectivity index (χ2n) is 4.58. The van der Waals surface area contributed by atoms with E-state index in [1.807, 2.05) is 29.3 Å². The summed E-state index contributed by atoms with van der Waals surface area (Å²) in [4.78, 5) is 13.4. The molecule has 0 spiro atoms. The maximum atomic E-state index is 11.6. The number of aromatic amines is 1. The molecule has 1 amide bonds. The molecule has 0 atom stereocenters. The van der Waals surface area contributed by atoms with E-state index in [2.05, 4.69) is 16.3 Å². The minimum absolute atomic E-state index is 0.114. The van der Waals surface area contributed by atoms with Crippen LogP contribution in [0.2, 0.25) is 0 Å². The van der Waals surface area contributed by atoms with Gasteiger partial charge >= 0.3 is 0 Å². The number of amides is 1. The number of anilines is 1. The molecular formula is C14H15N3O. The van der Waals surface area contributed by atoms with Gasteiger partial charge in [-0.05, 0) is 36.6 Å². The summed E-state index contributed by atoms with van der Waals surface area (Å²) in [5, 5.41) is 7.00. The zero-order valence-electron chi connectivity index (χ0n) is 10.3. The Labute approximate surface area is 106 Å². The fourth-order valence-electron chi connectivity index (χ4n) is 2.50. The van der Waals surface area contributed by atoms with Gasteiger partial charge in [-0.1, -0.05) is 6.07 Å². The van der Waals surface area contributed by atoms with Gasteiger partial charge in [-0.2, -0.15) is 5.10 Å². The van der Waals surface area contributed by atoms with Crippen molar-refractivity contribution in [2.75, 3.05) is 11.4 Å². The van der Waals surface area contributed by atoms with Gasteiger partial charge in [0.25, 0.3) is 0 Å². The van der Waals surface area contributed by atoms with Crippen molar-refractivity contribution in [3.05, 3.63) is 36.0 Å². The van der Waals surface area contributed by atoms with Crippen LogP contribution in [0, 0.1) is 0 Å². The lowest BCUT2D eigenvalue weighted by molar-refractivity contribution is -0.116. The highest BCUT2D eigenvalue weighted by Gasteiger charge is 2.20. The summed E-state index contributed by atoms with van der Waals surface area (Å²) in [6, 6.07) is 8.14. The Morgan fingerprint density at radius 3 is 3.00 bits per heavy atom. The van der Waals surface area contributed by atoms with Gasteiger partial charge in [-0.3, -0.25) is 9.89 Å². The minimum Gasteiger partial charge on any atom is -0.312 e. The number of fused-ring (bicyclic) bond motifs is 1. The lowest BCUT2D eigenvalue weighted by atomic mass is 9.98. The number of hydrogen-bond acceptors (Lipinski definition) is 2. The van der Waals surface area contributed by atoms with Crippen LogP contribution in [0.5, 0.6) is 0 Å². The number of benzene rings is 1. The second-order valence-corrected chi connectivity index (χ2v) is 4.58. The van der Waals surface area contributed by atoms with Gasteiger partial charge in [-0.25, -0.2) is 0 Å². The Morgan fingerprint density at radius 1 is 1.39 bits per heavy atom. The van der Waals surface area contributed by atoms with Crippen LogP contribution in [0.4, 0.5) is 5.69 Å². The summed E-state index contributed by atoms with van der Waals surface area (Å²) >= 11 is 0. The molecule has 0 bridgehead atoms. The van der Waals surface area contributed by atoms with Crippen LogP contribution in [0.3, 0.4) is 0 Å². The fourth-order valence-corrected chi connectivity index (χ4v) is 2.50. The maximum Gasteiger partial charge on any atom is 0.223 e. The van der Waals surface area contributed by atoms with Gasteiger partial charge in [0.2, 0.25) is 5.91 Å². The molecule has 0 saturated heterocycles. The molecule has 0 unspecified atom stereocenters. The fraction of sp³-hybridized carbons (Fsp3) is 0.286. The van der Waals surface area contributed by atoms with Crippen LogP contribution in [-0.4, -0.2) is 22.6 Å². The van der Waals surface area contributed by atoms with E-state index < -0.39 is 0 Å². The lowest BCUT2D eigenvalue weighted by Gasteiger charge is -2.28. The molecule has 0 radical (unpaired) electrons. The summed E-state index contributed by atoms with van der Waals surface area (Å²) in [5.74, 6) is 0.114. The average molecular weight is 241 g/mol. The number of aryl methyl sites for hydroxylation is 1. The first-order chi connectivity index (χ1) is 8.75. The Morgan fingerprint density at radius 2 is 2.28 bits per heavy atom. The number of H-pyrrole nitrogens is 1. The monoisotopic (exact) mass is 241 g/mol. The lowest BCUT2D eigenvalue weighted by Crippen LogP contribution is -2.33. The predicted molar refractivity (Wildman–Crippen MR) is 70.4 cm³/mol. The Kier molecular flexibility index (Phi) is 2.63. The summed E-state index contributed by atoms with van der Waals surface area (Å²) in [5.41, 5.74) is 4.32. The molecule has 1 aromatic heterocycles. The minimum atomic E-state index is 0.114. The molecule has 1 aliphatic rings. The summed E-state index contributed by atoms with van der Waals surface area (Å²) in [6.07, 6.45) is 3.87. The highest BCUT2D eigenvalue weighted by atomic mass is 16.2. The third-order valence-electron chi connectivity index (χ3n) is 3.37. The van der Waals surface area contributed by atoms with E-state index in [9.17, 15) is 4.79 Å². The SMILES string of the molecule is CC(=O)N1CCCc2cc(-c3cc[nH]n3)ccc21. The molecular weight excluding hydrogens is 226 g/mol. The molecule has 1 aliphatic heterocycles. The van der Waals surface area contributed by atoms with Crippen molar-refractivity contribution in [2.45, 2.75) is 19.8 Å². The predicted octanol–water partition coefficient (Wildman–Crippen LogP) is 2.38. The Bertz CT molecular complexity index is 575. The summed E-state index contributed by atoms with van der Waals surface area (Å²) in [6.45, 7) is 2.45. The highest BCUT2D eigenvalue weighted by molar-refractivity contribution is 5.93. The summed E-state index contributed by atoms with van der Waals surface area (Å²) in [7, 11) is 0. The third-order valence-corrected chi connectivity index (χ3v) is 3.37. The highest BCUT2D eigenvalue weighted by Crippen LogP contribution is 2.30. The van der Waals surface area contributed by atoms with E-state index in [0.29, 0.717) is 0 Å². The van der Waals surface area contributed by atoms with Crippen molar-refractivity contribution in [3.63, 3.8) is 0 Å². The standard InChI is InChI=1S/C14H15N3O/c1-10(18)17-8-2-3-12-9-11(4-5-14(12)17)13-6-7-15-16-13/h4-7,9H,2-3,8H2,1H3,(H,15,16). The van der Waals surface area contributed by atoms with Crippen molar-refractivity contribution >= 4 is 11.6 Å². The van der Waals surface area contributed by atoms with Crippen molar-refractivity contribution in [3.8, 4) is 11.3 Å². The first-order valence-electron chi connectivity index (χ1n) is 6.17. The largest absolute Gasteiger partial charge is 0.312 e. The number of carbonyl (C=O) groups is 1. The van der Waals surface area contributed by atoms with Gasteiger partial charge in [0.1, 0.15) is 0 Å². The van der Waals surface area contributed by atoms with Crippen molar-refractivity contribution in [2.24, 2.45) is 0 Å². The van der Waals surface area contributed by atoms with E-state index in [-0.39, 0.29) is 5.91 Å². The molecule has 92 valence electrons. The quantitative estimate of drug-likeness (QED) is 0.833. The van der Waals surface area contributed by atoms with Gasteiger partial charge in [0, 0.05) is 30.9 Å². The molecule has 4 nitrogen and oxygen atoms in total. The van der Waals surface area contributed by atoms with Crippen LogP contribution in [0.1, 0.15) is 18.9 Å². The molecule has 0 fully saturated rings. The van der Waals surface area contributed by atoms with Crippen molar-refractivity contribution < 1.29 is 4.79 Å². The number of nitrogens with zero attached hydrogens (tertiary/aromatic N) is 2. The molecule has 1 aromatic carbocycles. The van der Waals surface area contributed by atoms with E-state index in [1.54, 1.807) is 6.92 Å². The van der Waals surface area contributed by atoms with E-state index in [1.165, 1.54) is 5.56 Å². The molecule has 0 aliphatic carbocycles. The normalized spacial score (nSPS) is 14.4. The first-order valence-corrected chi connectivity index (χ1v) is 6.17. The Hall–Kier alpha value is -2.10. The van der Waals surface area contributed by atoms with Crippen LogP contribution in [0.15, 0.2) is 30.5 Å². The zero-order chi connectivity index (χ0) is 12.5. The van der Waals surface area contributed by atoms with E-state index >= 15 is 0 Å². The zero-order valence-corrected chi connectivity index (χ0v) is 10.3. The topological polar surface area (TPSA) is 49.0 Å². The number of hydrogen-bond donors (Lipinski definition) is 1. The number of rotatable bonds is 1. The van der Waals surface area contributed by atoms with Gasteiger partial charge < -0.3 is 4.90 Å². The molecule has 4 heteroatoms. The number of nitrogens with one attached hydrogen (secondary N) is 1. The van der Waals surface area contributed by atoms with E-state index in [4.69, 9.17) is 0 Å².